The lowest BCUT2D eigenvalue weighted by atomic mass is 10.2. The predicted molar refractivity (Wildman–Crippen MR) is 72.6 cm³/mol. The standard InChI is InChI=1S/C13H27N3O2/c1-11(2)15(4)6-5-14-12(3)13(17)16-7-9-18-10-8-16/h11-12,14H,5-10H2,1-4H3. The minimum Gasteiger partial charge on any atom is -0.378 e. The molecule has 0 radical (unpaired) electrons. The van der Waals surface area contributed by atoms with E-state index in [-0.39, 0.29) is 11.9 Å². The molecule has 1 atom stereocenters. The summed E-state index contributed by atoms with van der Waals surface area (Å²) in [7, 11) is 2.10. The van der Waals surface area contributed by atoms with Crippen molar-refractivity contribution < 1.29 is 9.53 Å². The average molecular weight is 257 g/mol. The zero-order chi connectivity index (χ0) is 13.5. The Morgan fingerprint density at radius 3 is 2.50 bits per heavy atom. The number of hydrogen-bond acceptors (Lipinski definition) is 4. The summed E-state index contributed by atoms with van der Waals surface area (Å²) < 4.78 is 5.25. The van der Waals surface area contributed by atoms with Crippen LogP contribution in [0.1, 0.15) is 20.8 Å². The molecule has 0 aromatic rings. The first kappa shape index (κ1) is 15.4. The van der Waals surface area contributed by atoms with Crippen LogP contribution in [0.3, 0.4) is 0 Å². The van der Waals surface area contributed by atoms with Crippen molar-refractivity contribution in [1.82, 2.24) is 15.1 Å². The van der Waals surface area contributed by atoms with Gasteiger partial charge in [-0.2, -0.15) is 0 Å². The Kier molecular flexibility index (Phi) is 6.60. The van der Waals surface area contributed by atoms with Gasteiger partial charge in [-0.05, 0) is 27.8 Å². The lowest BCUT2D eigenvalue weighted by Crippen LogP contribution is -2.50. The van der Waals surface area contributed by atoms with Gasteiger partial charge in [0.05, 0.1) is 19.3 Å². The zero-order valence-corrected chi connectivity index (χ0v) is 12.1. The van der Waals surface area contributed by atoms with Gasteiger partial charge in [-0.15, -0.1) is 0 Å². The Labute approximate surface area is 110 Å². The van der Waals surface area contributed by atoms with Crippen molar-refractivity contribution in [1.29, 1.82) is 0 Å². The highest BCUT2D eigenvalue weighted by Gasteiger charge is 2.21. The molecule has 1 N–H and O–H groups in total. The molecular weight excluding hydrogens is 230 g/mol. The fraction of sp³-hybridized carbons (Fsp3) is 0.923. The van der Waals surface area contributed by atoms with E-state index in [0.29, 0.717) is 19.3 Å². The van der Waals surface area contributed by atoms with Gasteiger partial charge in [-0.25, -0.2) is 0 Å². The monoisotopic (exact) mass is 257 g/mol. The van der Waals surface area contributed by atoms with E-state index in [1.54, 1.807) is 0 Å². The summed E-state index contributed by atoms with van der Waals surface area (Å²) in [4.78, 5) is 16.2. The van der Waals surface area contributed by atoms with Crippen molar-refractivity contribution in [3.63, 3.8) is 0 Å². The van der Waals surface area contributed by atoms with Crippen LogP contribution < -0.4 is 5.32 Å². The molecule has 0 aromatic carbocycles. The summed E-state index contributed by atoms with van der Waals surface area (Å²) in [6, 6.07) is 0.431. The van der Waals surface area contributed by atoms with Gasteiger partial charge < -0.3 is 19.9 Å². The molecule has 1 aliphatic rings. The molecule has 1 fully saturated rings. The Balaban J connectivity index is 2.22. The van der Waals surface area contributed by atoms with E-state index in [4.69, 9.17) is 4.74 Å². The topological polar surface area (TPSA) is 44.8 Å². The molecule has 5 heteroatoms. The fourth-order valence-electron chi connectivity index (χ4n) is 1.86. The van der Waals surface area contributed by atoms with Crippen LogP contribution in [0.5, 0.6) is 0 Å². The maximum atomic E-state index is 12.1. The SMILES string of the molecule is CC(NCCN(C)C(C)C)C(=O)N1CCOCC1. The molecule has 1 aliphatic heterocycles. The number of likely N-dealkylation sites (N-methyl/N-ethyl adjacent to an activating group) is 1. The minimum atomic E-state index is -0.108. The van der Waals surface area contributed by atoms with Crippen LogP contribution in [0.2, 0.25) is 0 Å². The number of hydrogen-bond donors (Lipinski definition) is 1. The maximum absolute atomic E-state index is 12.1. The number of nitrogens with one attached hydrogen (secondary N) is 1. The highest BCUT2D eigenvalue weighted by Crippen LogP contribution is 2.00. The summed E-state index contributed by atoms with van der Waals surface area (Å²) in [5, 5.41) is 3.29. The number of morpholine rings is 1. The molecule has 1 amide bonds. The first-order chi connectivity index (χ1) is 8.52. The van der Waals surface area contributed by atoms with Crippen molar-refractivity contribution in [2.45, 2.75) is 32.9 Å². The second kappa shape index (κ2) is 7.71. The van der Waals surface area contributed by atoms with E-state index in [1.807, 2.05) is 11.8 Å². The molecule has 1 heterocycles. The first-order valence-corrected chi connectivity index (χ1v) is 6.82. The largest absolute Gasteiger partial charge is 0.378 e. The van der Waals surface area contributed by atoms with Gasteiger partial charge in [-0.1, -0.05) is 0 Å². The summed E-state index contributed by atoms with van der Waals surface area (Å²) in [6.07, 6.45) is 0. The highest BCUT2D eigenvalue weighted by atomic mass is 16.5. The van der Waals surface area contributed by atoms with Crippen molar-refractivity contribution in [3.05, 3.63) is 0 Å². The summed E-state index contributed by atoms with van der Waals surface area (Å²) >= 11 is 0. The lowest BCUT2D eigenvalue weighted by Gasteiger charge is -2.30. The molecule has 5 nitrogen and oxygen atoms in total. The van der Waals surface area contributed by atoms with E-state index >= 15 is 0 Å². The number of ether oxygens (including phenoxy) is 1. The lowest BCUT2D eigenvalue weighted by molar-refractivity contribution is -0.137. The van der Waals surface area contributed by atoms with Crippen molar-refractivity contribution in [2.75, 3.05) is 46.4 Å². The fourth-order valence-corrected chi connectivity index (χ4v) is 1.86. The number of carbonyl (C=O) groups is 1. The molecular formula is C13H27N3O2. The average Bonchev–Trinajstić information content (AvgIpc) is 2.38. The molecule has 1 saturated heterocycles. The molecule has 106 valence electrons. The van der Waals surface area contributed by atoms with Gasteiger partial charge in [0.1, 0.15) is 0 Å². The third-order valence-corrected chi connectivity index (χ3v) is 3.49. The van der Waals surface area contributed by atoms with Crippen LogP contribution in [0.4, 0.5) is 0 Å². The number of nitrogens with zero attached hydrogens (tertiary/aromatic N) is 2. The van der Waals surface area contributed by atoms with Gasteiger partial charge in [0.2, 0.25) is 5.91 Å². The normalized spacial score (nSPS) is 18.4. The molecule has 0 saturated carbocycles. The quantitative estimate of drug-likeness (QED) is 0.736. The Bertz CT molecular complexity index is 253. The Hall–Kier alpha value is -0.650. The Morgan fingerprint density at radius 2 is 1.94 bits per heavy atom. The van der Waals surface area contributed by atoms with E-state index < -0.39 is 0 Å². The number of carbonyl (C=O) groups excluding carboxylic acids is 1. The smallest absolute Gasteiger partial charge is 0.239 e. The van der Waals surface area contributed by atoms with Gasteiger partial charge in [0, 0.05) is 32.2 Å². The predicted octanol–water partition coefficient (Wildman–Crippen LogP) is 0.164. The van der Waals surface area contributed by atoms with E-state index in [1.165, 1.54) is 0 Å². The van der Waals surface area contributed by atoms with Crippen molar-refractivity contribution >= 4 is 5.91 Å². The molecule has 0 bridgehead atoms. The molecule has 18 heavy (non-hydrogen) atoms. The molecule has 0 aromatic heterocycles. The van der Waals surface area contributed by atoms with Crippen LogP contribution in [0, 0.1) is 0 Å². The first-order valence-electron chi connectivity index (χ1n) is 6.82. The van der Waals surface area contributed by atoms with Crippen LogP contribution in [-0.4, -0.2) is 74.2 Å². The van der Waals surface area contributed by atoms with Gasteiger partial charge in [0.15, 0.2) is 0 Å². The summed E-state index contributed by atoms with van der Waals surface area (Å²) in [6.45, 7) is 10.8. The van der Waals surface area contributed by atoms with Gasteiger partial charge in [0.25, 0.3) is 0 Å². The van der Waals surface area contributed by atoms with Crippen LogP contribution in [0.25, 0.3) is 0 Å². The molecule has 0 aliphatic carbocycles. The number of rotatable bonds is 6. The minimum absolute atomic E-state index is 0.108. The van der Waals surface area contributed by atoms with Crippen LogP contribution in [0.15, 0.2) is 0 Å². The second-order valence-electron chi connectivity index (χ2n) is 5.19. The van der Waals surface area contributed by atoms with E-state index in [2.05, 4.69) is 31.1 Å². The van der Waals surface area contributed by atoms with E-state index in [9.17, 15) is 4.79 Å². The maximum Gasteiger partial charge on any atom is 0.239 e. The summed E-state index contributed by atoms with van der Waals surface area (Å²) in [5.74, 6) is 0.186. The third kappa shape index (κ3) is 4.92. The molecule has 0 spiro atoms. The van der Waals surface area contributed by atoms with Gasteiger partial charge >= 0.3 is 0 Å². The van der Waals surface area contributed by atoms with Crippen molar-refractivity contribution in [3.8, 4) is 0 Å². The van der Waals surface area contributed by atoms with E-state index in [0.717, 1.165) is 26.2 Å². The van der Waals surface area contributed by atoms with Crippen LogP contribution in [-0.2, 0) is 9.53 Å². The third-order valence-electron chi connectivity index (χ3n) is 3.49. The van der Waals surface area contributed by atoms with Crippen LogP contribution >= 0.6 is 0 Å². The molecule has 1 unspecified atom stereocenters. The number of amides is 1. The Morgan fingerprint density at radius 1 is 1.33 bits per heavy atom. The van der Waals surface area contributed by atoms with Crippen molar-refractivity contribution in [2.24, 2.45) is 0 Å². The second-order valence-corrected chi connectivity index (χ2v) is 5.19. The molecule has 1 rings (SSSR count). The zero-order valence-electron chi connectivity index (χ0n) is 12.1. The summed E-state index contributed by atoms with van der Waals surface area (Å²) in [5.41, 5.74) is 0. The van der Waals surface area contributed by atoms with Gasteiger partial charge in [-0.3, -0.25) is 4.79 Å². The highest BCUT2D eigenvalue weighted by molar-refractivity contribution is 5.81.